The van der Waals surface area contributed by atoms with Gasteiger partial charge in [0.2, 0.25) is 11.8 Å². The summed E-state index contributed by atoms with van der Waals surface area (Å²) < 4.78 is 0. The SMILES string of the molecule is CC(=O)N1CCC(C(=O)N2C[C@@H](Cc3ccnc4ccccc34)[C@@H](O)C2)CC1. The first-order valence-corrected chi connectivity index (χ1v) is 10.1. The van der Waals surface area contributed by atoms with E-state index >= 15 is 0 Å². The number of carbonyl (C=O) groups excluding carboxylic acids is 2. The molecule has 2 saturated heterocycles. The Hall–Kier alpha value is -2.47. The second-order valence-corrected chi connectivity index (χ2v) is 8.04. The molecule has 1 aromatic heterocycles. The third-order valence-electron chi connectivity index (χ3n) is 6.23. The highest BCUT2D eigenvalue weighted by Gasteiger charge is 2.37. The predicted octanol–water partition coefficient (Wildman–Crippen LogP) is 1.86. The topological polar surface area (TPSA) is 73.7 Å². The molecule has 4 rings (SSSR count). The molecule has 148 valence electrons. The predicted molar refractivity (Wildman–Crippen MR) is 107 cm³/mol. The molecular formula is C22H27N3O3. The van der Waals surface area contributed by atoms with Crippen molar-refractivity contribution in [1.82, 2.24) is 14.8 Å². The van der Waals surface area contributed by atoms with Crippen LogP contribution in [-0.4, -0.2) is 64.0 Å². The highest BCUT2D eigenvalue weighted by Crippen LogP contribution is 2.28. The maximum atomic E-state index is 12.9. The van der Waals surface area contributed by atoms with Crippen molar-refractivity contribution in [3.63, 3.8) is 0 Å². The number of piperidine rings is 1. The van der Waals surface area contributed by atoms with Crippen LogP contribution in [0.2, 0.25) is 0 Å². The van der Waals surface area contributed by atoms with Crippen LogP contribution in [0, 0.1) is 11.8 Å². The van der Waals surface area contributed by atoms with Gasteiger partial charge >= 0.3 is 0 Å². The van der Waals surface area contributed by atoms with E-state index in [-0.39, 0.29) is 23.7 Å². The maximum Gasteiger partial charge on any atom is 0.225 e. The standard InChI is InChI=1S/C22H27N3O3/c1-15(26)24-10-7-16(8-11-24)22(28)25-13-18(21(27)14-25)12-17-6-9-23-20-5-3-2-4-19(17)20/h2-6,9,16,18,21,27H,7-8,10-14H2,1H3/t18-,21+/m1/s1. The lowest BCUT2D eigenvalue weighted by Gasteiger charge is -2.32. The van der Waals surface area contributed by atoms with Crippen molar-refractivity contribution in [3.8, 4) is 0 Å². The van der Waals surface area contributed by atoms with Crippen LogP contribution in [0.3, 0.4) is 0 Å². The number of β-amino-alcohol motifs (C(OH)–C–C–N with tert-alkyl or cyclic N) is 1. The molecule has 0 bridgehead atoms. The van der Waals surface area contributed by atoms with Gasteiger partial charge in [0.15, 0.2) is 0 Å². The lowest BCUT2D eigenvalue weighted by atomic mass is 9.94. The second-order valence-electron chi connectivity index (χ2n) is 8.04. The summed E-state index contributed by atoms with van der Waals surface area (Å²) in [6.07, 6.45) is 3.46. The van der Waals surface area contributed by atoms with E-state index in [1.54, 1.807) is 11.8 Å². The maximum absolute atomic E-state index is 12.9. The summed E-state index contributed by atoms with van der Waals surface area (Å²) in [5.74, 6) is 0.201. The van der Waals surface area contributed by atoms with Crippen molar-refractivity contribution in [1.29, 1.82) is 0 Å². The van der Waals surface area contributed by atoms with Crippen molar-refractivity contribution in [2.45, 2.75) is 32.3 Å². The quantitative estimate of drug-likeness (QED) is 0.881. The third-order valence-corrected chi connectivity index (χ3v) is 6.23. The zero-order chi connectivity index (χ0) is 19.7. The van der Waals surface area contributed by atoms with Gasteiger partial charge in [-0.3, -0.25) is 14.6 Å². The first kappa shape index (κ1) is 18.9. The summed E-state index contributed by atoms with van der Waals surface area (Å²) in [5, 5.41) is 11.7. The molecule has 6 heteroatoms. The van der Waals surface area contributed by atoms with Gasteiger partial charge in [-0.1, -0.05) is 18.2 Å². The molecule has 0 spiro atoms. The van der Waals surface area contributed by atoms with Crippen molar-refractivity contribution in [3.05, 3.63) is 42.1 Å². The number of fused-ring (bicyclic) bond motifs is 1. The molecule has 2 amide bonds. The Bertz CT molecular complexity index is 871. The number of pyridine rings is 1. The summed E-state index contributed by atoms with van der Waals surface area (Å²) >= 11 is 0. The smallest absolute Gasteiger partial charge is 0.225 e. The number of likely N-dealkylation sites (tertiary alicyclic amines) is 2. The van der Waals surface area contributed by atoms with Gasteiger partial charge in [-0.2, -0.15) is 0 Å². The van der Waals surface area contributed by atoms with Crippen LogP contribution in [0.1, 0.15) is 25.3 Å². The fraction of sp³-hybridized carbons (Fsp3) is 0.500. The van der Waals surface area contributed by atoms with Gasteiger partial charge in [0.25, 0.3) is 0 Å². The first-order chi connectivity index (χ1) is 13.5. The number of aliphatic hydroxyl groups excluding tert-OH is 1. The van der Waals surface area contributed by atoms with Gasteiger partial charge in [0, 0.05) is 56.5 Å². The van der Waals surface area contributed by atoms with Gasteiger partial charge < -0.3 is 14.9 Å². The van der Waals surface area contributed by atoms with E-state index in [0.29, 0.717) is 39.0 Å². The summed E-state index contributed by atoms with van der Waals surface area (Å²) in [7, 11) is 0. The summed E-state index contributed by atoms with van der Waals surface area (Å²) in [5.41, 5.74) is 2.12. The number of rotatable bonds is 3. The molecule has 2 fully saturated rings. The van der Waals surface area contributed by atoms with Gasteiger partial charge in [0.05, 0.1) is 11.6 Å². The van der Waals surface area contributed by atoms with Crippen molar-refractivity contribution < 1.29 is 14.7 Å². The van der Waals surface area contributed by atoms with E-state index in [0.717, 1.165) is 17.3 Å². The monoisotopic (exact) mass is 381 g/mol. The van der Waals surface area contributed by atoms with Crippen LogP contribution >= 0.6 is 0 Å². The number of nitrogens with zero attached hydrogens (tertiary/aromatic N) is 3. The van der Waals surface area contributed by atoms with Crippen molar-refractivity contribution in [2.24, 2.45) is 11.8 Å². The molecular weight excluding hydrogens is 354 g/mol. The first-order valence-electron chi connectivity index (χ1n) is 10.1. The van der Waals surface area contributed by atoms with Gasteiger partial charge in [-0.25, -0.2) is 0 Å². The molecule has 3 heterocycles. The van der Waals surface area contributed by atoms with Crippen LogP contribution in [-0.2, 0) is 16.0 Å². The minimum atomic E-state index is -0.506. The number of aliphatic hydroxyl groups is 1. The lowest BCUT2D eigenvalue weighted by Crippen LogP contribution is -2.43. The van der Waals surface area contributed by atoms with Gasteiger partial charge in [-0.15, -0.1) is 0 Å². The molecule has 0 radical (unpaired) electrons. The number of hydrogen-bond donors (Lipinski definition) is 1. The molecule has 0 unspecified atom stereocenters. The van der Waals surface area contributed by atoms with E-state index < -0.39 is 6.10 Å². The van der Waals surface area contributed by atoms with E-state index in [1.165, 1.54) is 5.56 Å². The van der Waals surface area contributed by atoms with Crippen LogP contribution in [0.15, 0.2) is 36.5 Å². The molecule has 1 N–H and O–H groups in total. The Balaban J connectivity index is 1.40. The fourth-order valence-corrected chi connectivity index (χ4v) is 4.55. The minimum absolute atomic E-state index is 0.0343. The van der Waals surface area contributed by atoms with Crippen LogP contribution in [0.5, 0.6) is 0 Å². The average molecular weight is 381 g/mol. The number of hydrogen-bond acceptors (Lipinski definition) is 4. The normalized spacial score (nSPS) is 23.4. The number of aromatic nitrogens is 1. The molecule has 0 aliphatic carbocycles. The highest BCUT2D eigenvalue weighted by molar-refractivity contribution is 5.82. The van der Waals surface area contributed by atoms with Gasteiger partial charge in [0.1, 0.15) is 0 Å². The summed E-state index contributed by atoms with van der Waals surface area (Å²) in [6.45, 7) is 3.86. The molecule has 6 nitrogen and oxygen atoms in total. The highest BCUT2D eigenvalue weighted by atomic mass is 16.3. The fourth-order valence-electron chi connectivity index (χ4n) is 4.55. The largest absolute Gasteiger partial charge is 0.391 e. The Morgan fingerprint density at radius 1 is 1.11 bits per heavy atom. The summed E-state index contributed by atoms with van der Waals surface area (Å²) in [6, 6.07) is 10.0. The van der Waals surface area contributed by atoms with E-state index in [1.807, 2.05) is 35.4 Å². The Morgan fingerprint density at radius 2 is 1.86 bits per heavy atom. The van der Waals surface area contributed by atoms with Gasteiger partial charge in [-0.05, 0) is 37.0 Å². The van der Waals surface area contributed by atoms with Crippen molar-refractivity contribution in [2.75, 3.05) is 26.2 Å². The third kappa shape index (κ3) is 3.74. The molecule has 2 aliphatic rings. The number of para-hydroxylation sites is 1. The van der Waals surface area contributed by atoms with E-state index in [9.17, 15) is 14.7 Å². The second kappa shape index (κ2) is 7.87. The average Bonchev–Trinajstić information content (AvgIpc) is 3.08. The zero-order valence-corrected chi connectivity index (χ0v) is 16.3. The Morgan fingerprint density at radius 3 is 2.61 bits per heavy atom. The molecule has 2 aliphatic heterocycles. The van der Waals surface area contributed by atoms with E-state index in [4.69, 9.17) is 0 Å². The zero-order valence-electron chi connectivity index (χ0n) is 16.3. The molecule has 2 atom stereocenters. The molecule has 28 heavy (non-hydrogen) atoms. The van der Waals surface area contributed by atoms with Crippen LogP contribution < -0.4 is 0 Å². The molecule has 2 aromatic rings. The lowest BCUT2D eigenvalue weighted by molar-refractivity contribution is -0.139. The Labute approximate surface area is 165 Å². The number of carbonyl (C=O) groups is 2. The number of amides is 2. The Kier molecular flexibility index (Phi) is 5.31. The summed E-state index contributed by atoms with van der Waals surface area (Å²) in [4.78, 5) is 32.4. The molecule has 1 aromatic carbocycles. The van der Waals surface area contributed by atoms with E-state index in [2.05, 4.69) is 11.1 Å². The minimum Gasteiger partial charge on any atom is -0.391 e. The van der Waals surface area contributed by atoms with Crippen LogP contribution in [0.25, 0.3) is 10.9 Å². The molecule has 0 saturated carbocycles. The van der Waals surface area contributed by atoms with Crippen LogP contribution in [0.4, 0.5) is 0 Å². The van der Waals surface area contributed by atoms with Crippen molar-refractivity contribution >= 4 is 22.7 Å². The number of benzene rings is 1.